The van der Waals surface area contributed by atoms with Crippen LogP contribution in [0, 0.1) is 0 Å². The molecule has 106 valence electrons. The molecule has 3 rings (SSSR count). The Morgan fingerprint density at radius 3 is 2.85 bits per heavy atom. The molecule has 2 aliphatic rings. The van der Waals surface area contributed by atoms with E-state index in [1.807, 2.05) is 12.1 Å². The zero-order valence-corrected chi connectivity index (χ0v) is 12.5. The maximum absolute atomic E-state index is 12.1. The molecule has 1 fully saturated rings. The number of allylic oxidation sites excluding steroid dienone is 1. The van der Waals surface area contributed by atoms with Gasteiger partial charge in [0.2, 0.25) is 0 Å². The van der Waals surface area contributed by atoms with Crippen LogP contribution >= 0.6 is 23.2 Å². The van der Waals surface area contributed by atoms with E-state index in [1.54, 1.807) is 6.07 Å². The summed E-state index contributed by atoms with van der Waals surface area (Å²) in [5.41, 5.74) is 1.60. The van der Waals surface area contributed by atoms with Gasteiger partial charge in [0, 0.05) is 12.3 Å². The highest BCUT2D eigenvalue weighted by Crippen LogP contribution is 2.45. The summed E-state index contributed by atoms with van der Waals surface area (Å²) in [6.45, 7) is 0. The standard InChI is InChI=1S/C15H14Cl2O3/c1-19-15(18)14-10(7-9-3-5-13(14)20-9)8-2-4-11(16)12(17)6-8/h2,4,6,9-10H,3,5,7H2,1H3/t9?,10-/m0/s1. The van der Waals surface area contributed by atoms with E-state index in [4.69, 9.17) is 32.7 Å². The zero-order valence-electron chi connectivity index (χ0n) is 11.0. The molecule has 1 aromatic carbocycles. The molecule has 2 aliphatic heterocycles. The molecule has 1 aromatic rings. The summed E-state index contributed by atoms with van der Waals surface area (Å²) in [7, 11) is 1.39. The van der Waals surface area contributed by atoms with E-state index in [-0.39, 0.29) is 18.0 Å². The number of carbonyl (C=O) groups is 1. The van der Waals surface area contributed by atoms with Crippen LogP contribution in [0.25, 0.3) is 0 Å². The first-order chi connectivity index (χ1) is 9.60. The lowest BCUT2D eigenvalue weighted by Crippen LogP contribution is -2.23. The van der Waals surface area contributed by atoms with E-state index in [9.17, 15) is 4.79 Å². The van der Waals surface area contributed by atoms with Crippen molar-refractivity contribution in [2.45, 2.75) is 31.3 Å². The first-order valence-electron chi connectivity index (χ1n) is 6.53. The van der Waals surface area contributed by atoms with Gasteiger partial charge in [0.05, 0.1) is 28.8 Å². The molecular formula is C15H14Cl2O3. The Morgan fingerprint density at radius 2 is 2.15 bits per heavy atom. The third kappa shape index (κ3) is 2.29. The molecule has 0 aliphatic carbocycles. The maximum Gasteiger partial charge on any atom is 0.337 e. The molecule has 5 heteroatoms. The number of carbonyl (C=O) groups excluding carboxylic acids is 1. The van der Waals surface area contributed by atoms with Gasteiger partial charge in [-0.3, -0.25) is 0 Å². The van der Waals surface area contributed by atoms with Crippen molar-refractivity contribution in [3.63, 3.8) is 0 Å². The topological polar surface area (TPSA) is 35.5 Å². The maximum atomic E-state index is 12.1. The van der Waals surface area contributed by atoms with Crippen LogP contribution in [0.15, 0.2) is 29.5 Å². The minimum atomic E-state index is -0.323. The Bertz CT molecular complexity index is 595. The largest absolute Gasteiger partial charge is 0.494 e. The van der Waals surface area contributed by atoms with Gasteiger partial charge in [-0.2, -0.15) is 0 Å². The lowest BCUT2D eigenvalue weighted by molar-refractivity contribution is -0.137. The van der Waals surface area contributed by atoms with Gasteiger partial charge in [-0.05, 0) is 30.5 Å². The highest BCUT2D eigenvalue weighted by Gasteiger charge is 2.39. The second kappa shape index (κ2) is 5.30. The first kappa shape index (κ1) is 13.8. The quantitative estimate of drug-likeness (QED) is 0.772. The van der Waals surface area contributed by atoms with Gasteiger partial charge in [-0.1, -0.05) is 29.3 Å². The van der Waals surface area contributed by atoms with Crippen molar-refractivity contribution in [2.75, 3.05) is 7.11 Å². The second-order valence-corrected chi connectivity index (χ2v) is 5.88. The second-order valence-electron chi connectivity index (χ2n) is 5.07. The van der Waals surface area contributed by atoms with Gasteiger partial charge in [-0.15, -0.1) is 0 Å². The van der Waals surface area contributed by atoms with E-state index in [0.717, 1.165) is 30.6 Å². The fraction of sp³-hybridized carbons (Fsp3) is 0.400. The number of rotatable bonds is 2. The third-order valence-corrected chi connectivity index (χ3v) is 4.64. The highest BCUT2D eigenvalue weighted by atomic mass is 35.5. The number of ether oxygens (including phenoxy) is 2. The molecule has 1 saturated heterocycles. The van der Waals surface area contributed by atoms with Gasteiger partial charge in [0.25, 0.3) is 0 Å². The summed E-state index contributed by atoms with van der Waals surface area (Å²) in [6, 6.07) is 5.49. The lowest BCUT2D eigenvalue weighted by atomic mass is 9.85. The molecular weight excluding hydrogens is 299 g/mol. The molecule has 1 unspecified atom stereocenters. The Morgan fingerprint density at radius 1 is 1.35 bits per heavy atom. The van der Waals surface area contributed by atoms with Crippen LogP contribution in [0.3, 0.4) is 0 Å². The van der Waals surface area contributed by atoms with Crippen LogP contribution in [-0.4, -0.2) is 19.2 Å². The summed E-state index contributed by atoms with van der Waals surface area (Å²) >= 11 is 12.0. The van der Waals surface area contributed by atoms with E-state index in [1.165, 1.54) is 7.11 Å². The minimum absolute atomic E-state index is 0.0338. The molecule has 0 spiro atoms. The molecule has 0 N–H and O–H groups in total. The van der Waals surface area contributed by atoms with Crippen LogP contribution in [0.2, 0.25) is 10.0 Å². The summed E-state index contributed by atoms with van der Waals surface area (Å²) < 4.78 is 10.7. The lowest BCUT2D eigenvalue weighted by Gasteiger charge is -2.28. The number of benzene rings is 1. The summed E-state index contributed by atoms with van der Waals surface area (Å²) in [4.78, 5) is 12.1. The predicted octanol–water partition coefficient (Wildman–Crippen LogP) is 4.09. The molecule has 0 aromatic heterocycles. The van der Waals surface area contributed by atoms with Crippen molar-refractivity contribution in [3.05, 3.63) is 45.1 Å². The zero-order chi connectivity index (χ0) is 14.3. The van der Waals surface area contributed by atoms with Crippen molar-refractivity contribution >= 4 is 29.2 Å². The minimum Gasteiger partial charge on any atom is -0.494 e. The monoisotopic (exact) mass is 312 g/mol. The normalized spacial score (nSPS) is 24.6. The Kier molecular flexibility index (Phi) is 3.65. The Hall–Kier alpha value is -1.19. The number of esters is 1. The van der Waals surface area contributed by atoms with Crippen LogP contribution in [0.4, 0.5) is 0 Å². The number of hydrogen-bond acceptors (Lipinski definition) is 3. The SMILES string of the molecule is COC(=O)C1=C2CCC(C[C@H]1c1ccc(Cl)c(Cl)c1)O2. The number of halogens is 2. The van der Waals surface area contributed by atoms with Gasteiger partial charge in [0.15, 0.2) is 0 Å². The Balaban J connectivity index is 2.05. The molecule has 20 heavy (non-hydrogen) atoms. The fourth-order valence-corrected chi connectivity index (χ4v) is 3.25. The molecule has 0 radical (unpaired) electrons. The molecule has 2 bridgehead atoms. The number of methoxy groups -OCH3 is 1. The predicted molar refractivity (Wildman–Crippen MR) is 77.0 cm³/mol. The average molecular weight is 313 g/mol. The van der Waals surface area contributed by atoms with Crippen molar-refractivity contribution in [3.8, 4) is 0 Å². The van der Waals surface area contributed by atoms with E-state index < -0.39 is 0 Å². The summed E-state index contributed by atoms with van der Waals surface area (Å²) in [6.07, 6.45) is 2.70. The van der Waals surface area contributed by atoms with Gasteiger partial charge < -0.3 is 9.47 Å². The van der Waals surface area contributed by atoms with Crippen molar-refractivity contribution in [1.29, 1.82) is 0 Å². The van der Waals surface area contributed by atoms with Crippen molar-refractivity contribution in [2.24, 2.45) is 0 Å². The van der Waals surface area contributed by atoms with Gasteiger partial charge in [0.1, 0.15) is 5.76 Å². The summed E-state index contributed by atoms with van der Waals surface area (Å²) in [5.74, 6) is 0.411. The Labute approximate surface area is 127 Å². The first-order valence-corrected chi connectivity index (χ1v) is 7.28. The van der Waals surface area contributed by atoms with E-state index in [2.05, 4.69) is 0 Å². The van der Waals surface area contributed by atoms with Crippen LogP contribution in [0.5, 0.6) is 0 Å². The molecule has 2 heterocycles. The molecule has 3 nitrogen and oxygen atoms in total. The van der Waals surface area contributed by atoms with Crippen LogP contribution in [-0.2, 0) is 14.3 Å². The van der Waals surface area contributed by atoms with Gasteiger partial charge in [-0.25, -0.2) is 4.79 Å². The highest BCUT2D eigenvalue weighted by molar-refractivity contribution is 6.42. The smallest absolute Gasteiger partial charge is 0.337 e. The molecule has 0 saturated carbocycles. The van der Waals surface area contributed by atoms with Crippen LogP contribution < -0.4 is 0 Å². The van der Waals surface area contributed by atoms with Crippen molar-refractivity contribution < 1.29 is 14.3 Å². The number of fused-ring (bicyclic) bond motifs is 2. The van der Waals surface area contributed by atoms with Gasteiger partial charge >= 0.3 is 5.97 Å². The van der Waals surface area contributed by atoms with Crippen LogP contribution in [0.1, 0.15) is 30.7 Å². The average Bonchev–Trinajstić information content (AvgIpc) is 2.82. The summed E-state index contributed by atoms with van der Waals surface area (Å²) in [5, 5.41) is 1.01. The van der Waals surface area contributed by atoms with E-state index in [0.29, 0.717) is 15.6 Å². The number of hydrogen-bond donors (Lipinski definition) is 0. The third-order valence-electron chi connectivity index (χ3n) is 3.90. The molecule has 0 amide bonds. The van der Waals surface area contributed by atoms with Crippen molar-refractivity contribution in [1.82, 2.24) is 0 Å². The molecule has 2 atom stereocenters. The fourth-order valence-electron chi connectivity index (χ4n) is 2.95. The van der Waals surface area contributed by atoms with E-state index >= 15 is 0 Å².